The summed E-state index contributed by atoms with van der Waals surface area (Å²) in [5.74, 6) is -0.344. The van der Waals surface area contributed by atoms with Crippen LogP contribution < -0.4 is 0 Å². The molecule has 1 aromatic rings. The predicted octanol–water partition coefficient (Wildman–Crippen LogP) is 2.75. The summed E-state index contributed by atoms with van der Waals surface area (Å²) < 4.78 is 0. The maximum absolute atomic E-state index is 12.4. The third-order valence-corrected chi connectivity index (χ3v) is 4.44. The van der Waals surface area contributed by atoms with Crippen LogP contribution in [0, 0.1) is 5.41 Å². The first kappa shape index (κ1) is 13.7. The number of phenolic OH excluding ortho intramolecular Hbond substituents is 2. The largest absolute Gasteiger partial charge is 0.508 e. The number of likely N-dealkylation sites (tertiary alicyclic amines) is 1. The maximum Gasteiger partial charge on any atom is 0.257 e. The summed E-state index contributed by atoms with van der Waals surface area (Å²) in [5, 5.41) is 19.0. The van der Waals surface area contributed by atoms with Crippen LogP contribution >= 0.6 is 0 Å². The third-order valence-electron chi connectivity index (χ3n) is 4.44. The number of aromatic hydroxyl groups is 2. The Morgan fingerprint density at radius 3 is 2.53 bits per heavy atom. The molecule has 1 saturated heterocycles. The van der Waals surface area contributed by atoms with Gasteiger partial charge in [0.1, 0.15) is 11.5 Å². The van der Waals surface area contributed by atoms with Crippen molar-refractivity contribution in [1.82, 2.24) is 4.90 Å². The van der Waals surface area contributed by atoms with Crippen LogP contribution in [0.25, 0.3) is 0 Å². The number of carbonyl (C=O) groups is 1. The summed E-state index contributed by atoms with van der Waals surface area (Å²) in [6.07, 6.45) is 3.15. The van der Waals surface area contributed by atoms with Gasteiger partial charge in [-0.3, -0.25) is 4.79 Å². The zero-order valence-electron chi connectivity index (χ0n) is 11.5. The van der Waals surface area contributed by atoms with Gasteiger partial charge in [-0.1, -0.05) is 13.8 Å². The van der Waals surface area contributed by atoms with Crippen molar-refractivity contribution in [2.75, 3.05) is 13.1 Å². The van der Waals surface area contributed by atoms with Gasteiger partial charge in [0.15, 0.2) is 0 Å². The summed E-state index contributed by atoms with van der Waals surface area (Å²) in [4.78, 5) is 14.2. The van der Waals surface area contributed by atoms with Gasteiger partial charge in [-0.15, -0.1) is 0 Å². The van der Waals surface area contributed by atoms with E-state index in [0.29, 0.717) is 0 Å². The van der Waals surface area contributed by atoms with Gasteiger partial charge in [0.25, 0.3) is 5.91 Å². The fourth-order valence-corrected chi connectivity index (χ4v) is 2.81. The van der Waals surface area contributed by atoms with Crippen molar-refractivity contribution in [2.24, 2.45) is 5.41 Å². The quantitative estimate of drug-likeness (QED) is 0.881. The average molecular weight is 263 g/mol. The van der Waals surface area contributed by atoms with Crippen LogP contribution in [0.4, 0.5) is 0 Å². The SMILES string of the molecule is CCC1(CC)CCN(C(=O)c2ccc(O)cc2O)C1. The molecule has 0 radical (unpaired) electrons. The van der Waals surface area contributed by atoms with E-state index in [1.54, 1.807) is 4.90 Å². The van der Waals surface area contributed by atoms with Crippen molar-refractivity contribution in [3.05, 3.63) is 23.8 Å². The number of rotatable bonds is 3. The van der Waals surface area contributed by atoms with Gasteiger partial charge in [0.05, 0.1) is 5.56 Å². The molecule has 1 aromatic carbocycles. The van der Waals surface area contributed by atoms with Gasteiger partial charge >= 0.3 is 0 Å². The van der Waals surface area contributed by atoms with Crippen LogP contribution in [0.5, 0.6) is 11.5 Å². The van der Waals surface area contributed by atoms with Crippen LogP contribution in [0.2, 0.25) is 0 Å². The lowest BCUT2D eigenvalue weighted by Gasteiger charge is -2.26. The van der Waals surface area contributed by atoms with E-state index in [1.807, 2.05) is 0 Å². The Labute approximate surface area is 113 Å². The normalized spacial score (nSPS) is 17.7. The van der Waals surface area contributed by atoms with Crippen molar-refractivity contribution in [2.45, 2.75) is 33.1 Å². The Morgan fingerprint density at radius 2 is 2.00 bits per heavy atom. The minimum atomic E-state index is -0.157. The molecule has 19 heavy (non-hydrogen) atoms. The molecule has 1 heterocycles. The molecule has 0 spiro atoms. The first-order chi connectivity index (χ1) is 9.01. The summed E-state index contributed by atoms with van der Waals surface area (Å²) in [6, 6.07) is 4.11. The molecule has 4 nitrogen and oxygen atoms in total. The summed E-state index contributed by atoms with van der Waals surface area (Å²) in [6.45, 7) is 5.81. The van der Waals surface area contributed by atoms with E-state index < -0.39 is 0 Å². The van der Waals surface area contributed by atoms with Crippen LogP contribution in [-0.2, 0) is 0 Å². The fourth-order valence-electron chi connectivity index (χ4n) is 2.81. The van der Waals surface area contributed by atoms with Crippen molar-refractivity contribution < 1.29 is 15.0 Å². The van der Waals surface area contributed by atoms with E-state index in [2.05, 4.69) is 13.8 Å². The van der Waals surface area contributed by atoms with E-state index in [0.717, 1.165) is 32.4 Å². The van der Waals surface area contributed by atoms with Gasteiger partial charge in [-0.05, 0) is 36.8 Å². The van der Waals surface area contributed by atoms with E-state index in [9.17, 15) is 15.0 Å². The standard InChI is InChI=1S/C15H21NO3/c1-3-15(4-2)7-8-16(10-15)14(19)12-6-5-11(17)9-13(12)18/h5-6,9,17-18H,3-4,7-8,10H2,1-2H3. The van der Waals surface area contributed by atoms with Crippen molar-refractivity contribution >= 4 is 5.91 Å². The van der Waals surface area contributed by atoms with Gasteiger partial charge in [0, 0.05) is 19.2 Å². The molecule has 4 heteroatoms. The Bertz CT molecular complexity index is 480. The van der Waals surface area contributed by atoms with Crippen molar-refractivity contribution in [3.8, 4) is 11.5 Å². The van der Waals surface area contributed by atoms with Gasteiger partial charge in [0.2, 0.25) is 0 Å². The lowest BCUT2D eigenvalue weighted by Crippen LogP contribution is -2.31. The van der Waals surface area contributed by atoms with Gasteiger partial charge in [-0.25, -0.2) is 0 Å². The number of amides is 1. The number of benzene rings is 1. The highest BCUT2D eigenvalue weighted by Crippen LogP contribution is 2.38. The van der Waals surface area contributed by atoms with Crippen molar-refractivity contribution in [3.63, 3.8) is 0 Å². The van der Waals surface area contributed by atoms with Gasteiger partial charge in [-0.2, -0.15) is 0 Å². The van der Waals surface area contributed by atoms with Crippen LogP contribution in [0.15, 0.2) is 18.2 Å². The molecule has 104 valence electrons. The van der Waals surface area contributed by atoms with E-state index in [-0.39, 0.29) is 28.4 Å². The number of nitrogens with zero attached hydrogens (tertiary/aromatic N) is 1. The minimum Gasteiger partial charge on any atom is -0.508 e. The molecule has 2 N–H and O–H groups in total. The average Bonchev–Trinajstić information content (AvgIpc) is 2.83. The molecule has 0 unspecified atom stereocenters. The third kappa shape index (κ3) is 2.53. The summed E-state index contributed by atoms with van der Waals surface area (Å²) >= 11 is 0. The first-order valence-electron chi connectivity index (χ1n) is 6.82. The molecule has 1 fully saturated rings. The second kappa shape index (κ2) is 5.11. The zero-order valence-corrected chi connectivity index (χ0v) is 11.5. The molecule has 1 aliphatic rings. The highest BCUT2D eigenvalue weighted by Gasteiger charge is 2.37. The molecule has 2 rings (SSSR count). The molecule has 0 atom stereocenters. The van der Waals surface area contributed by atoms with E-state index in [4.69, 9.17) is 0 Å². The number of hydrogen-bond donors (Lipinski definition) is 2. The molecular formula is C15H21NO3. The lowest BCUT2D eigenvalue weighted by atomic mass is 9.82. The Hall–Kier alpha value is -1.71. The molecule has 0 aliphatic carbocycles. The smallest absolute Gasteiger partial charge is 0.257 e. The molecule has 0 aromatic heterocycles. The monoisotopic (exact) mass is 263 g/mol. The van der Waals surface area contributed by atoms with Crippen LogP contribution in [0.1, 0.15) is 43.5 Å². The number of hydrogen-bond acceptors (Lipinski definition) is 3. The van der Waals surface area contributed by atoms with Crippen LogP contribution in [0.3, 0.4) is 0 Å². The Balaban J connectivity index is 2.17. The van der Waals surface area contributed by atoms with E-state index in [1.165, 1.54) is 18.2 Å². The highest BCUT2D eigenvalue weighted by molar-refractivity contribution is 5.97. The lowest BCUT2D eigenvalue weighted by molar-refractivity contribution is 0.0767. The predicted molar refractivity (Wildman–Crippen MR) is 73.3 cm³/mol. The summed E-state index contributed by atoms with van der Waals surface area (Å²) in [7, 11) is 0. The molecule has 1 aliphatic heterocycles. The Kier molecular flexibility index (Phi) is 3.69. The van der Waals surface area contributed by atoms with Crippen LogP contribution in [-0.4, -0.2) is 34.1 Å². The molecular weight excluding hydrogens is 242 g/mol. The number of phenols is 2. The molecule has 1 amide bonds. The highest BCUT2D eigenvalue weighted by atomic mass is 16.3. The Morgan fingerprint density at radius 1 is 1.32 bits per heavy atom. The summed E-state index contributed by atoms with van der Waals surface area (Å²) in [5.41, 5.74) is 0.489. The fraction of sp³-hybridized carbons (Fsp3) is 0.533. The van der Waals surface area contributed by atoms with E-state index >= 15 is 0 Å². The second-order valence-electron chi connectivity index (χ2n) is 5.39. The van der Waals surface area contributed by atoms with Gasteiger partial charge < -0.3 is 15.1 Å². The molecule has 0 bridgehead atoms. The maximum atomic E-state index is 12.4. The zero-order chi connectivity index (χ0) is 14.0. The molecule has 0 saturated carbocycles. The topological polar surface area (TPSA) is 60.8 Å². The minimum absolute atomic E-state index is 0.0352. The number of carbonyl (C=O) groups excluding carboxylic acids is 1. The van der Waals surface area contributed by atoms with Crippen molar-refractivity contribution in [1.29, 1.82) is 0 Å². The first-order valence-corrected chi connectivity index (χ1v) is 6.82. The second-order valence-corrected chi connectivity index (χ2v) is 5.39.